The molecular formula is C8H8BrF2NO. The van der Waals surface area contributed by atoms with Gasteiger partial charge in [0.2, 0.25) is 5.88 Å². The van der Waals surface area contributed by atoms with E-state index in [1.54, 1.807) is 6.92 Å². The Morgan fingerprint density at radius 2 is 2.15 bits per heavy atom. The van der Waals surface area contributed by atoms with Crippen molar-refractivity contribution in [2.45, 2.75) is 13.3 Å². The highest BCUT2D eigenvalue weighted by atomic mass is 79.9. The Morgan fingerprint density at radius 1 is 1.54 bits per heavy atom. The van der Waals surface area contributed by atoms with Gasteiger partial charge in [-0.25, -0.2) is 13.8 Å². The van der Waals surface area contributed by atoms with Crippen LogP contribution in [-0.2, 0) is 0 Å². The van der Waals surface area contributed by atoms with Gasteiger partial charge in [-0.2, -0.15) is 0 Å². The Kier molecular flexibility index (Phi) is 3.19. The zero-order valence-electron chi connectivity index (χ0n) is 7.14. The minimum atomic E-state index is -2.51. The number of nitrogens with zero attached hydrogens (tertiary/aromatic N) is 1. The van der Waals surface area contributed by atoms with Crippen molar-refractivity contribution < 1.29 is 13.5 Å². The molecule has 0 amide bonds. The molecule has 0 N–H and O–H groups in total. The van der Waals surface area contributed by atoms with Crippen molar-refractivity contribution in [2.24, 2.45) is 0 Å². The van der Waals surface area contributed by atoms with Crippen LogP contribution in [0.4, 0.5) is 8.78 Å². The molecule has 13 heavy (non-hydrogen) atoms. The zero-order valence-corrected chi connectivity index (χ0v) is 8.73. The molecule has 0 radical (unpaired) electrons. The highest BCUT2D eigenvalue weighted by molar-refractivity contribution is 9.10. The molecule has 0 spiro atoms. The van der Waals surface area contributed by atoms with Gasteiger partial charge in [0.15, 0.2) is 0 Å². The molecule has 0 aliphatic carbocycles. The van der Waals surface area contributed by atoms with Crippen molar-refractivity contribution in [3.8, 4) is 5.88 Å². The topological polar surface area (TPSA) is 22.1 Å². The van der Waals surface area contributed by atoms with Crippen molar-refractivity contribution in [1.29, 1.82) is 0 Å². The summed E-state index contributed by atoms with van der Waals surface area (Å²) in [6, 6.07) is 1.29. The first-order valence-corrected chi connectivity index (χ1v) is 4.34. The van der Waals surface area contributed by atoms with Gasteiger partial charge in [-0.3, -0.25) is 0 Å². The van der Waals surface area contributed by atoms with E-state index in [1.165, 1.54) is 13.2 Å². The van der Waals surface area contributed by atoms with Gasteiger partial charge in [0.1, 0.15) is 4.60 Å². The van der Waals surface area contributed by atoms with Crippen LogP contribution in [0.25, 0.3) is 0 Å². The molecule has 1 aromatic heterocycles. The monoisotopic (exact) mass is 251 g/mol. The van der Waals surface area contributed by atoms with Crippen molar-refractivity contribution in [2.75, 3.05) is 7.11 Å². The molecule has 0 aliphatic heterocycles. The summed E-state index contributed by atoms with van der Waals surface area (Å²) in [5.41, 5.74) is 0.319. The molecule has 72 valence electrons. The van der Waals surface area contributed by atoms with Crippen LogP contribution < -0.4 is 4.74 Å². The Morgan fingerprint density at radius 3 is 2.62 bits per heavy atom. The number of pyridine rings is 1. The Balaban J connectivity index is 3.27. The van der Waals surface area contributed by atoms with E-state index in [0.717, 1.165) is 0 Å². The fraction of sp³-hybridized carbons (Fsp3) is 0.375. The second-order valence-corrected chi connectivity index (χ2v) is 3.28. The quantitative estimate of drug-likeness (QED) is 0.754. The van der Waals surface area contributed by atoms with Crippen LogP contribution in [0.3, 0.4) is 0 Å². The lowest BCUT2D eigenvalue weighted by molar-refractivity contribution is 0.150. The summed E-state index contributed by atoms with van der Waals surface area (Å²) in [4.78, 5) is 3.90. The van der Waals surface area contributed by atoms with E-state index in [0.29, 0.717) is 10.2 Å². The molecule has 0 fully saturated rings. The van der Waals surface area contributed by atoms with Gasteiger partial charge in [-0.1, -0.05) is 0 Å². The molecule has 5 heteroatoms. The second-order valence-electron chi connectivity index (χ2n) is 2.47. The molecule has 0 saturated heterocycles. The molecule has 0 saturated carbocycles. The maximum atomic E-state index is 12.4. The molecule has 2 nitrogen and oxygen atoms in total. The van der Waals surface area contributed by atoms with E-state index in [4.69, 9.17) is 4.74 Å². The third-order valence-corrected chi connectivity index (χ3v) is 2.07. The highest BCUT2D eigenvalue weighted by Gasteiger charge is 2.15. The maximum absolute atomic E-state index is 12.4. The first-order valence-electron chi connectivity index (χ1n) is 3.55. The van der Waals surface area contributed by atoms with Crippen LogP contribution in [0.5, 0.6) is 5.88 Å². The number of methoxy groups -OCH3 is 1. The molecule has 0 atom stereocenters. The van der Waals surface area contributed by atoms with Gasteiger partial charge in [0, 0.05) is 11.1 Å². The predicted octanol–water partition coefficient (Wildman–Crippen LogP) is 3.10. The third-order valence-electron chi connectivity index (χ3n) is 1.67. The number of alkyl halides is 2. The molecular weight excluding hydrogens is 244 g/mol. The van der Waals surface area contributed by atoms with Crippen LogP contribution in [-0.4, -0.2) is 12.1 Å². The van der Waals surface area contributed by atoms with Gasteiger partial charge < -0.3 is 4.74 Å². The number of halogens is 3. The van der Waals surface area contributed by atoms with Crippen LogP contribution in [0.15, 0.2) is 10.7 Å². The van der Waals surface area contributed by atoms with Crippen LogP contribution in [0.1, 0.15) is 17.6 Å². The Hall–Kier alpha value is -0.710. The molecule has 1 rings (SSSR count). The normalized spacial score (nSPS) is 10.6. The second kappa shape index (κ2) is 4.00. The smallest absolute Gasteiger partial charge is 0.264 e. The van der Waals surface area contributed by atoms with E-state index in [1.807, 2.05) is 0 Å². The molecule has 0 unspecified atom stereocenters. The third kappa shape index (κ3) is 2.15. The number of aromatic nitrogens is 1. The van der Waals surface area contributed by atoms with Gasteiger partial charge in [0.05, 0.1) is 7.11 Å². The largest absolute Gasteiger partial charge is 0.481 e. The molecule has 0 bridgehead atoms. The Bertz CT molecular complexity index is 317. The summed E-state index contributed by atoms with van der Waals surface area (Å²) in [6.45, 7) is 1.56. The standard InChI is InChI=1S/C8H8BrF2NO/c1-4-5(7(10)11)3-6(9)12-8(4)13-2/h3,7H,1-2H3. The fourth-order valence-corrected chi connectivity index (χ4v) is 1.41. The van der Waals surface area contributed by atoms with E-state index in [-0.39, 0.29) is 11.4 Å². The summed E-state index contributed by atoms with van der Waals surface area (Å²) in [6.07, 6.45) is -2.51. The average Bonchev–Trinajstić information content (AvgIpc) is 2.08. The first-order chi connectivity index (χ1) is 6.06. The summed E-state index contributed by atoms with van der Waals surface area (Å²) in [5, 5.41) is 0. The van der Waals surface area contributed by atoms with E-state index in [9.17, 15) is 8.78 Å². The SMILES string of the molecule is COc1nc(Br)cc(C(F)F)c1C. The minimum Gasteiger partial charge on any atom is -0.481 e. The molecule has 0 aromatic carbocycles. The zero-order chi connectivity index (χ0) is 10.0. The maximum Gasteiger partial charge on any atom is 0.264 e. The van der Waals surface area contributed by atoms with Crippen LogP contribution in [0.2, 0.25) is 0 Å². The van der Waals surface area contributed by atoms with Crippen molar-refractivity contribution in [3.05, 3.63) is 21.8 Å². The summed E-state index contributed by atoms with van der Waals surface area (Å²) < 4.78 is 30.0. The summed E-state index contributed by atoms with van der Waals surface area (Å²) in [7, 11) is 1.40. The van der Waals surface area contributed by atoms with Gasteiger partial charge in [-0.05, 0) is 28.9 Å². The minimum absolute atomic E-state index is 0.0567. The van der Waals surface area contributed by atoms with E-state index >= 15 is 0 Å². The van der Waals surface area contributed by atoms with Crippen molar-refractivity contribution in [3.63, 3.8) is 0 Å². The summed E-state index contributed by atoms with van der Waals surface area (Å²) in [5.74, 6) is 0.227. The lowest BCUT2D eigenvalue weighted by atomic mass is 10.1. The number of hydrogen-bond acceptors (Lipinski definition) is 2. The first kappa shape index (κ1) is 10.4. The molecule has 1 aromatic rings. The fourth-order valence-electron chi connectivity index (χ4n) is 0.999. The Labute approximate surface area is 83.1 Å². The van der Waals surface area contributed by atoms with Crippen LogP contribution in [0, 0.1) is 6.92 Å². The number of ether oxygens (including phenoxy) is 1. The average molecular weight is 252 g/mol. The lowest BCUT2D eigenvalue weighted by Crippen LogP contribution is -1.97. The van der Waals surface area contributed by atoms with Gasteiger partial charge in [0.25, 0.3) is 6.43 Å². The molecule has 0 aliphatic rings. The van der Waals surface area contributed by atoms with Crippen molar-refractivity contribution in [1.82, 2.24) is 4.98 Å². The van der Waals surface area contributed by atoms with E-state index in [2.05, 4.69) is 20.9 Å². The highest BCUT2D eigenvalue weighted by Crippen LogP contribution is 2.29. The van der Waals surface area contributed by atoms with Crippen LogP contribution >= 0.6 is 15.9 Å². The predicted molar refractivity (Wildman–Crippen MR) is 48.2 cm³/mol. The van der Waals surface area contributed by atoms with E-state index < -0.39 is 6.43 Å². The molecule has 1 heterocycles. The van der Waals surface area contributed by atoms with Gasteiger partial charge >= 0.3 is 0 Å². The number of hydrogen-bond donors (Lipinski definition) is 0. The van der Waals surface area contributed by atoms with Gasteiger partial charge in [-0.15, -0.1) is 0 Å². The summed E-state index contributed by atoms with van der Waals surface area (Å²) >= 11 is 3.03. The van der Waals surface area contributed by atoms with Crippen molar-refractivity contribution >= 4 is 15.9 Å². The lowest BCUT2D eigenvalue weighted by Gasteiger charge is -2.09. The number of rotatable bonds is 2.